The molecule has 0 spiro atoms. The summed E-state index contributed by atoms with van der Waals surface area (Å²) in [6.07, 6.45) is 0. The van der Waals surface area contributed by atoms with E-state index in [-0.39, 0.29) is 11.5 Å². The average Bonchev–Trinajstić information content (AvgIpc) is 2.53. The van der Waals surface area contributed by atoms with Crippen LogP contribution in [0.1, 0.15) is 0 Å². The molecule has 0 aliphatic rings. The normalized spacial score (nSPS) is 12.2. The van der Waals surface area contributed by atoms with Gasteiger partial charge in [0.1, 0.15) is 21.3 Å². The molecule has 2 aromatic rings. The van der Waals surface area contributed by atoms with Crippen molar-refractivity contribution in [2.24, 2.45) is 10.3 Å². The van der Waals surface area contributed by atoms with Crippen LogP contribution in [0.5, 0.6) is 11.5 Å². The smallest absolute Gasteiger partial charge is 0.298 e. The van der Waals surface area contributed by atoms with Crippen molar-refractivity contribution in [3.8, 4) is 11.5 Å². The van der Waals surface area contributed by atoms with Crippen LogP contribution in [0, 0.1) is 0 Å². The van der Waals surface area contributed by atoms with E-state index in [1.54, 1.807) is 0 Å². The van der Waals surface area contributed by atoms with Gasteiger partial charge in [-0.25, -0.2) is 0 Å². The molecule has 9 nitrogen and oxygen atoms in total. The van der Waals surface area contributed by atoms with Crippen LogP contribution in [0.25, 0.3) is 0 Å². The number of ether oxygens (including phenoxy) is 1. The summed E-state index contributed by atoms with van der Waals surface area (Å²) in [4.78, 5) is -0.572. The highest BCUT2D eigenvalue weighted by molar-refractivity contribution is 7.97. The van der Waals surface area contributed by atoms with Gasteiger partial charge in [0.15, 0.2) is 0 Å². The number of nitrogens with two attached hydrogens (primary N) is 2. The lowest BCUT2D eigenvalue weighted by Gasteiger charge is -2.13. The maximum absolute atomic E-state index is 11.5. The predicted octanol–water partition coefficient (Wildman–Crippen LogP) is 1.90. The first kappa shape index (κ1) is 20.0. The molecule has 0 saturated heterocycles. The lowest BCUT2D eigenvalue weighted by Crippen LogP contribution is -2.05. The monoisotopic (exact) mass is 424 g/mol. The minimum Gasteiger partial charge on any atom is -0.454 e. The first-order valence-electron chi connectivity index (χ1n) is 6.20. The molecule has 0 aliphatic carbocycles. The van der Waals surface area contributed by atoms with Gasteiger partial charge in [-0.15, -0.1) is 0 Å². The van der Waals surface area contributed by atoms with Crippen LogP contribution in [0.2, 0.25) is 0 Å². The Morgan fingerprint density at radius 1 is 0.760 bits per heavy atom. The predicted molar refractivity (Wildman–Crippen MR) is 92.7 cm³/mol. The molecule has 2 rings (SSSR count). The fourth-order valence-corrected chi connectivity index (χ4v) is 3.91. The summed E-state index contributed by atoms with van der Waals surface area (Å²) in [5.74, 6) is -0.697. The third kappa shape index (κ3) is 4.86. The van der Waals surface area contributed by atoms with E-state index in [4.69, 9.17) is 15.0 Å². The highest BCUT2D eigenvalue weighted by atomic mass is 32.2. The summed E-state index contributed by atoms with van der Waals surface area (Å²) in [7, 11) is -9.35. The average molecular weight is 425 g/mol. The minimum absolute atomic E-state index is 0.324. The van der Waals surface area contributed by atoms with E-state index in [0.29, 0.717) is 9.79 Å². The topological polar surface area (TPSA) is 170 Å². The maximum atomic E-state index is 11.5. The van der Waals surface area contributed by atoms with Gasteiger partial charge >= 0.3 is 0 Å². The highest BCUT2D eigenvalue weighted by Gasteiger charge is 2.22. The van der Waals surface area contributed by atoms with Crippen molar-refractivity contribution in [1.29, 1.82) is 0 Å². The zero-order chi connectivity index (χ0) is 18.8. The quantitative estimate of drug-likeness (QED) is 0.394. The Hall–Kier alpha value is -1.32. The molecule has 0 aliphatic heterocycles. The standard InChI is InChI=1S/C12H12N2O7S4/c13-22-7-1-3-9(11(5-7)24(15,16)17)21-10-4-2-8(23-14)6-12(10)25(18,19)20/h1-6H,13-14H2,(H,15,16,17)(H,18,19,20). The largest absolute Gasteiger partial charge is 0.454 e. The van der Waals surface area contributed by atoms with E-state index in [1.807, 2.05) is 0 Å². The minimum atomic E-state index is -4.68. The van der Waals surface area contributed by atoms with Gasteiger partial charge in [-0.2, -0.15) is 16.8 Å². The van der Waals surface area contributed by atoms with E-state index in [0.717, 1.165) is 36.0 Å². The lowest BCUT2D eigenvalue weighted by molar-refractivity contribution is 0.433. The van der Waals surface area contributed by atoms with Crippen LogP contribution in [0.3, 0.4) is 0 Å². The van der Waals surface area contributed by atoms with Crippen LogP contribution in [0.4, 0.5) is 0 Å². The highest BCUT2D eigenvalue weighted by Crippen LogP contribution is 2.35. The summed E-state index contributed by atoms with van der Waals surface area (Å²) in [5.41, 5.74) is 0. The van der Waals surface area contributed by atoms with Gasteiger partial charge in [0.25, 0.3) is 20.2 Å². The molecular formula is C12H12N2O7S4. The number of rotatable bonds is 6. The molecule has 0 radical (unpaired) electrons. The van der Waals surface area contributed by atoms with E-state index in [1.165, 1.54) is 24.3 Å². The zero-order valence-electron chi connectivity index (χ0n) is 12.2. The van der Waals surface area contributed by atoms with Gasteiger partial charge in [0, 0.05) is 9.79 Å². The molecule has 0 fully saturated rings. The third-order valence-electron chi connectivity index (χ3n) is 2.88. The summed E-state index contributed by atoms with van der Waals surface area (Å²) < 4.78 is 70.1. The molecule has 0 unspecified atom stereocenters. The summed E-state index contributed by atoms with van der Waals surface area (Å²) in [5, 5.41) is 10.7. The van der Waals surface area contributed by atoms with Gasteiger partial charge in [-0.1, -0.05) is 0 Å². The molecule has 0 atom stereocenters. The molecule has 0 aromatic heterocycles. The Bertz CT molecular complexity index is 925. The van der Waals surface area contributed by atoms with Crippen LogP contribution in [-0.2, 0) is 20.2 Å². The Balaban J connectivity index is 2.61. The fourth-order valence-electron chi connectivity index (χ4n) is 1.81. The van der Waals surface area contributed by atoms with Crippen molar-refractivity contribution in [1.82, 2.24) is 0 Å². The molecule has 0 saturated carbocycles. The summed E-state index contributed by atoms with van der Waals surface area (Å²) >= 11 is 1.49. The first-order chi connectivity index (χ1) is 11.6. The molecule has 13 heteroatoms. The molecule has 136 valence electrons. The van der Waals surface area contributed by atoms with Crippen LogP contribution in [-0.4, -0.2) is 25.9 Å². The second-order valence-corrected chi connectivity index (χ2v) is 8.70. The van der Waals surface area contributed by atoms with Gasteiger partial charge in [-0.05, 0) is 60.3 Å². The molecule has 0 bridgehead atoms. The number of hydrogen-bond donors (Lipinski definition) is 4. The van der Waals surface area contributed by atoms with Crippen molar-refractivity contribution in [2.45, 2.75) is 19.6 Å². The molecule has 0 amide bonds. The third-order valence-corrected chi connectivity index (χ3v) is 5.68. The van der Waals surface area contributed by atoms with E-state index < -0.39 is 30.0 Å². The first-order valence-corrected chi connectivity index (χ1v) is 10.8. The SMILES string of the molecule is NSc1ccc(Oc2ccc(SN)cc2S(=O)(=O)O)c(S(=O)(=O)O)c1. The lowest BCUT2D eigenvalue weighted by atomic mass is 10.3. The van der Waals surface area contributed by atoms with Gasteiger partial charge in [0.2, 0.25) is 0 Å². The van der Waals surface area contributed by atoms with Crippen LogP contribution < -0.4 is 15.0 Å². The Morgan fingerprint density at radius 2 is 1.12 bits per heavy atom. The van der Waals surface area contributed by atoms with Crippen molar-refractivity contribution in [3.05, 3.63) is 36.4 Å². The van der Waals surface area contributed by atoms with Crippen molar-refractivity contribution in [2.75, 3.05) is 0 Å². The Labute approximate surface area is 152 Å². The van der Waals surface area contributed by atoms with Gasteiger partial charge in [0.05, 0.1) is 0 Å². The maximum Gasteiger partial charge on any atom is 0.298 e. The van der Waals surface area contributed by atoms with Crippen molar-refractivity contribution >= 4 is 44.1 Å². The van der Waals surface area contributed by atoms with E-state index in [9.17, 15) is 25.9 Å². The van der Waals surface area contributed by atoms with Gasteiger partial charge in [-0.3, -0.25) is 19.4 Å². The molecule has 2 aromatic carbocycles. The van der Waals surface area contributed by atoms with Gasteiger partial charge < -0.3 is 4.74 Å². The Kier molecular flexibility index (Phi) is 6.01. The number of hydrogen-bond acceptors (Lipinski definition) is 9. The van der Waals surface area contributed by atoms with Crippen molar-refractivity contribution < 1.29 is 30.7 Å². The van der Waals surface area contributed by atoms with Crippen LogP contribution in [0.15, 0.2) is 56.0 Å². The number of benzene rings is 2. The molecular weight excluding hydrogens is 412 g/mol. The second kappa shape index (κ2) is 7.51. The zero-order valence-corrected chi connectivity index (χ0v) is 15.5. The molecule has 25 heavy (non-hydrogen) atoms. The summed E-state index contributed by atoms with van der Waals surface area (Å²) in [6.45, 7) is 0. The molecule has 0 heterocycles. The summed E-state index contributed by atoms with van der Waals surface area (Å²) in [6, 6.07) is 7.33. The van der Waals surface area contributed by atoms with E-state index in [2.05, 4.69) is 0 Å². The van der Waals surface area contributed by atoms with E-state index >= 15 is 0 Å². The van der Waals surface area contributed by atoms with Crippen LogP contribution >= 0.6 is 23.9 Å². The fraction of sp³-hybridized carbons (Fsp3) is 0. The second-order valence-electron chi connectivity index (χ2n) is 4.50. The van der Waals surface area contributed by atoms with Crippen molar-refractivity contribution in [3.63, 3.8) is 0 Å². The molecule has 6 N–H and O–H groups in total. The Morgan fingerprint density at radius 3 is 1.40 bits per heavy atom.